The summed E-state index contributed by atoms with van der Waals surface area (Å²) in [4.78, 5) is 0. The molecule has 0 unspecified atom stereocenters. The molecule has 0 radical (unpaired) electrons. The first-order valence-electron chi connectivity index (χ1n) is 5.75. The minimum absolute atomic E-state index is 0.120. The Kier molecular flexibility index (Phi) is 4.30. The van der Waals surface area contributed by atoms with Crippen molar-refractivity contribution < 1.29 is 31.4 Å². The highest BCUT2D eigenvalue weighted by molar-refractivity contribution is 5.71. The third-order valence-corrected chi connectivity index (χ3v) is 2.48. The van der Waals surface area contributed by atoms with E-state index in [-0.39, 0.29) is 16.9 Å². The van der Waals surface area contributed by atoms with E-state index in [1.807, 2.05) is 0 Å². The first-order chi connectivity index (χ1) is 9.85. The maximum Gasteiger partial charge on any atom is 0.573 e. The molecule has 2 aromatic carbocycles. The van der Waals surface area contributed by atoms with Crippen molar-refractivity contribution in [3.63, 3.8) is 0 Å². The van der Waals surface area contributed by atoms with Gasteiger partial charge in [0.2, 0.25) is 0 Å². The smallest absolute Gasteiger partial charge is 0.435 e. The summed E-state index contributed by atoms with van der Waals surface area (Å²) in [5.74, 6) is -0.566. The number of alkyl halides is 5. The summed E-state index contributed by atoms with van der Waals surface area (Å²) in [5, 5.41) is 0. The minimum atomic E-state index is -4.84. The fraction of sp³-hybridized carbons (Fsp3) is 0.143. The van der Waals surface area contributed by atoms with E-state index < -0.39 is 18.7 Å². The second-order valence-electron chi connectivity index (χ2n) is 3.95. The van der Waals surface area contributed by atoms with Crippen LogP contribution in [0, 0.1) is 0 Å². The minimum Gasteiger partial charge on any atom is -0.435 e. The standard InChI is InChI=1S/C14H9F5O2/c15-13(16)20-10-5-3-4-9(8-10)11-6-1-2-7-12(11)21-14(17,18)19/h1-8,13H. The van der Waals surface area contributed by atoms with Crippen molar-refractivity contribution in [3.05, 3.63) is 48.5 Å². The van der Waals surface area contributed by atoms with E-state index in [4.69, 9.17) is 0 Å². The molecule has 112 valence electrons. The van der Waals surface area contributed by atoms with Crippen molar-refractivity contribution in [2.45, 2.75) is 13.0 Å². The van der Waals surface area contributed by atoms with E-state index in [1.165, 1.54) is 42.5 Å². The average molecular weight is 304 g/mol. The molecule has 0 spiro atoms. The van der Waals surface area contributed by atoms with Crippen molar-refractivity contribution in [1.29, 1.82) is 0 Å². The van der Waals surface area contributed by atoms with E-state index in [1.54, 1.807) is 0 Å². The summed E-state index contributed by atoms with van der Waals surface area (Å²) in [6.45, 7) is -3.01. The predicted octanol–water partition coefficient (Wildman–Crippen LogP) is 4.85. The van der Waals surface area contributed by atoms with Crippen molar-refractivity contribution in [2.75, 3.05) is 0 Å². The third kappa shape index (κ3) is 4.34. The molecule has 0 aliphatic carbocycles. The van der Waals surface area contributed by atoms with Gasteiger partial charge in [-0.3, -0.25) is 0 Å². The van der Waals surface area contributed by atoms with Gasteiger partial charge in [-0.1, -0.05) is 30.3 Å². The quantitative estimate of drug-likeness (QED) is 0.751. The molecule has 0 aromatic heterocycles. The molecular formula is C14H9F5O2. The van der Waals surface area contributed by atoms with E-state index in [0.717, 1.165) is 6.07 Å². The Bertz CT molecular complexity index is 610. The lowest BCUT2D eigenvalue weighted by Crippen LogP contribution is -2.17. The summed E-state index contributed by atoms with van der Waals surface area (Å²) in [6, 6.07) is 10.8. The maximum absolute atomic E-state index is 12.3. The van der Waals surface area contributed by atoms with Crippen LogP contribution in [0.5, 0.6) is 11.5 Å². The zero-order valence-electron chi connectivity index (χ0n) is 10.4. The van der Waals surface area contributed by atoms with Crippen molar-refractivity contribution >= 4 is 0 Å². The fourth-order valence-electron chi connectivity index (χ4n) is 1.76. The maximum atomic E-state index is 12.3. The largest absolute Gasteiger partial charge is 0.573 e. The molecule has 21 heavy (non-hydrogen) atoms. The topological polar surface area (TPSA) is 18.5 Å². The molecule has 2 rings (SSSR count). The van der Waals surface area contributed by atoms with Crippen LogP contribution >= 0.6 is 0 Å². The van der Waals surface area contributed by atoms with Crippen LogP contribution in [0.1, 0.15) is 0 Å². The molecule has 0 amide bonds. The summed E-state index contributed by atoms with van der Waals surface area (Å²) in [7, 11) is 0. The van der Waals surface area contributed by atoms with Crippen molar-refractivity contribution in [2.24, 2.45) is 0 Å². The number of ether oxygens (including phenoxy) is 2. The lowest BCUT2D eigenvalue weighted by Gasteiger charge is -2.14. The van der Waals surface area contributed by atoms with Gasteiger partial charge in [0.15, 0.2) is 0 Å². The first kappa shape index (κ1) is 15.1. The fourth-order valence-corrected chi connectivity index (χ4v) is 1.76. The van der Waals surface area contributed by atoms with Crippen LogP contribution in [0.15, 0.2) is 48.5 Å². The monoisotopic (exact) mass is 304 g/mol. The highest BCUT2D eigenvalue weighted by Gasteiger charge is 2.32. The van der Waals surface area contributed by atoms with Crippen molar-refractivity contribution in [1.82, 2.24) is 0 Å². The zero-order chi connectivity index (χ0) is 15.5. The van der Waals surface area contributed by atoms with Crippen LogP contribution < -0.4 is 9.47 Å². The van der Waals surface area contributed by atoms with Gasteiger partial charge in [-0.15, -0.1) is 13.2 Å². The number of rotatable bonds is 4. The van der Waals surface area contributed by atoms with E-state index in [9.17, 15) is 22.0 Å². The van der Waals surface area contributed by atoms with Gasteiger partial charge in [0, 0.05) is 5.56 Å². The third-order valence-electron chi connectivity index (χ3n) is 2.48. The summed E-state index contributed by atoms with van der Waals surface area (Å²) in [6.07, 6.45) is -4.84. The number of benzene rings is 2. The van der Waals surface area contributed by atoms with Gasteiger partial charge in [0.05, 0.1) is 0 Å². The lowest BCUT2D eigenvalue weighted by molar-refractivity contribution is -0.274. The molecule has 0 aliphatic rings. The molecule has 0 atom stereocenters. The molecule has 0 bridgehead atoms. The molecule has 0 fully saturated rings. The van der Waals surface area contributed by atoms with Gasteiger partial charge in [0.1, 0.15) is 11.5 Å². The average Bonchev–Trinajstić information content (AvgIpc) is 2.37. The highest BCUT2D eigenvalue weighted by Crippen LogP contribution is 2.35. The van der Waals surface area contributed by atoms with Crippen LogP contribution in [0.25, 0.3) is 11.1 Å². The van der Waals surface area contributed by atoms with E-state index in [2.05, 4.69) is 9.47 Å². The normalized spacial score (nSPS) is 11.5. The van der Waals surface area contributed by atoms with E-state index in [0.29, 0.717) is 0 Å². The molecule has 0 saturated heterocycles. The summed E-state index contributed by atoms with van der Waals surface area (Å²) in [5.41, 5.74) is 0.391. The molecule has 0 saturated carbocycles. The van der Waals surface area contributed by atoms with Crippen LogP contribution in [0.2, 0.25) is 0 Å². The summed E-state index contributed by atoms with van der Waals surface area (Å²) >= 11 is 0. The Morgan fingerprint density at radius 3 is 2.29 bits per heavy atom. The van der Waals surface area contributed by atoms with Gasteiger partial charge in [-0.2, -0.15) is 8.78 Å². The Labute approximate surface area is 116 Å². The first-order valence-corrected chi connectivity index (χ1v) is 5.75. The zero-order valence-corrected chi connectivity index (χ0v) is 10.4. The van der Waals surface area contributed by atoms with Gasteiger partial charge in [-0.05, 0) is 23.8 Å². The number of halogens is 5. The second kappa shape index (κ2) is 5.99. The second-order valence-corrected chi connectivity index (χ2v) is 3.95. The molecule has 2 nitrogen and oxygen atoms in total. The van der Waals surface area contributed by atoms with Crippen LogP contribution in [0.3, 0.4) is 0 Å². The van der Waals surface area contributed by atoms with Crippen molar-refractivity contribution in [3.8, 4) is 22.6 Å². The van der Waals surface area contributed by atoms with Gasteiger partial charge in [-0.25, -0.2) is 0 Å². The highest BCUT2D eigenvalue weighted by atomic mass is 19.4. The summed E-state index contributed by atoms with van der Waals surface area (Å²) < 4.78 is 69.5. The SMILES string of the molecule is FC(F)Oc1cccc(-c2ccccc2OC(F)(F)F)c1. The number of hydrogen-bond donors (Lipinski definition) is 0. The molecule has 0 N–H and O–H groups in total. The number of para-hydroxylation sites is 1. The number of hydrogen-bond acceptors (Lipinski definition) is 2. The Morgan fingerprint density at radius 1 is 0.905 bits per heavy atom. The van der Waals surface area contributed by atoms with Crippen LogP contribution in [-0.4, -0.2) is 13.0 Å². The molecule has 7 heteroatoms. The Balaban J connectivity index is 2.38. The molecule has 0 aliphatic heterocycles. The van der Waals surface area contributed by atoms with Gasteiger partial charge in [0.25, 0.3) is 0 Å². The Morgan fingerprint density at radius 2 is 1.62 bits per heavy atom. The predicted molar refractivity (Wildman–Crippen MR) is 65.2 cm³/mol. The molecule has 2 aromatic rings. The van der Waals surface area contributed by atoms with Crippen LogP contribution in [-0.2, 0) is 0 Å². The van der Waals surface area contributed by atoms with Gasteiger partial charge < -0.3 is 9.47 Å². The van der Waals surface area contributed by atoms with Gasteiger partial charge >= 0.3 is 13.0 Å². The molecular weight excluding hydrogens is 295 g/mol. The van der Waals surface area contributed by atoms with E-state index >= 15 is 0 Å². The van der Waals surface area contributed by atoms with Crippen LogP contribution in [0.4, 0.5) is 22.0 Å². The Hall–Kier alpha value is -2.31. The molecule has 0 heterocycles. The lowest BCUT2D eigenvalue weighted by atomic mass is 10.0.